The van der Waals surface area contributed by atoms with E-state index in [0.717, 1.165) is 18.8 Å². The lowest BCUT2D eigenvalue weighted by Gasteiger charge is -2.26. The SMILES string of the molecule is CN1Cc2cc(C(=O)c3cc(Br)sc3Br)ccc2NC1=O. The number of halogens is 2. The monoisotopic (exact) mass is 428 g/mol. The van der Waals surface area contributed by atoms with Gasteiger partial charge in [-0.25, -0.2) is 4.79 Å². The summed E-state index contributed by atoms with van der Waals surface area (Å²) in [6.07, 6.45) is 0. The molecule has 1 aromatic carbocycles. The predicted molar refractivity (Wildman–Crippen MR) is 90.1 cm³/mol. The Bertz CT molecular complexity index is 757. The van der Waals surface area contributed by atoms with Gasteiger partial charge in [0.15, 0.2) is 5.78 Å². The second-order valence-electron chi connectivity index (χ2n) is 4.73. The van der Waals surface area contributed by atoms with Gasteiger partial charge in [-0.3, -0.25) is 4.79 Å². The van der Waals surface area contributed by atoms with Crippen molar-refractivity contribution >= 4 is 60.7 Å². The van der Waals surface area contributed by atoms with Gasteiger partial charge in [0, 0.05) is 30.4 Å². The highest BCUT2D eigenvalue weighted by atomic mass is 79.9. The van der Waals surface area contributed by atoms with Crippen molar-refractivity contribution in [2.45, 2.75) is 6.54 Å². The van der Waals surface area contributed by atoms with Crippen LogP contribution in [0.4, 0.5) is 10.5 Å². The zero-order chi connectivity index (χ0) is 15.1. The molecule has 108 valence electrons. The molecule has 0 aliphatic carbocycles. The van der Waals surface area contributed by atoms with E-state index >= 15 is 0 Å². The molecule has 21 heavy (non-hydrogen) atoms. The topological polar surface area (TPSA) is 49.4 Å². The zero-order valence-corrected chi connectivity index (χ0v) is 14.9. The van der Waals surface area contributed by atoms with E-state index in [1.165, 1.54) is 11.3 Å². The lowest BCUT2D eigenvalue weighted by Crippen LogP contribution is -2.35. The molecule has 1 aliphatic heterocycles. The first kappa shape index (κ1) is 14.7. The first-order valence-electron chi connectivity index (χ1n) is 6.10. The van der Waals surface area contributed by atoms with Gasteiger partial charge in [0.1, 0.15) is 0 Å². The van der Waals surface area contributed by atoms with Gasteiger partial charge in [0.25, 0.3) is 0 Å². The minimum Gasteiger partial charge on any atom is -0.323 e. The number of carbonyl (C=O) groups is 2. The maximum atomic E-state index is 12.6. The first-order valence-corrected chi connectivity index (χ1v) is 8.50. The number of hydrogen-bond donors (Lipinski definition) is 1. The molecule has 0 saturated heterocycles. The van der Waals surface area contributed by atoms with Crippen LogP contribution >= 0.6 is 43.2 Å². The number of nitrogens with one attached hydrogen (secondary N) is 1. The summed E-state index contributed by atoms with van der Waals surface area (Å²) in [5.41, 5.74) is 2.96. The van der Waals surface area contributed by atoms with Crippen molar-refractivity contribution in [3.05, 3.63) is 48.5 Å². The van der Waals surface area contributed by atoms with Crippen LogP contribution in [0.3, 0.4) is 0 Å². The number of fused-ring (bicyclic) bond motifs is 1. The van der Waals surface area contributed by atoms with Crippen molar-refractivity contribution in [2.24, 2.45) is 0 Å². The summed E-state index contributed by atoms with van der Waals surface area (Å²) in [6.45, 7) is 0.497. The van der Waals surface area contributed by atoms with Crippen molar-refractivity contribution < 1.29 is 9.59 Å². The Hall–Kier alpha value is -1.18. The highest BCUT2D eigenvalue weighted by molar-refractivity contribution is 9.12. The molecule has 3 rings (SSSR count). The summed E-state index contributed by atoms with van der Waals surface area (Å²) in [5.74, 6) is -0.0359. The van der Waals surface area contributed by atoms with Crippen molar-refractivity contribution in [3.63, 3.8) is 0 Å². The summed E-state index contributed by atoms with van der Waals surface area (Å²) >= 11 is 8.26. The van der Waals surface area contributed by atoms with Crippen LogP contribution in [0, 0.1) is 0 Å². The fourth-order valence-corrected chi connectivity index (χ4v) is 4.97. The standard InChI is InChI=1S/C14H10Br2N2O2S/c1-18-6-8-4-7(2-3-10(8)17-14(18)20)12(19)9-5-11(15)21-13(9)16/h2-5H,6H2,1H3,(H,17,20). The number of benzene rings is 1. The molecule has 4 nitrogen and oxygen atoms in total. The van der Waals surface area contributed by atoms with E-state index in [1.807, 2.05) is 12.1 Å². The van der Waals surface area contributed by atoms with Gasteiger partial charge in [0.05, 0.1) is 7.57 Å². The molecular formula is C14H10Br2N2O2S. The first-order chi connectivity index (χ1) is 9.95. The molecule has 0 spiro atoms. The second-order valence-corrected chi connectivity index (χ2v) is 8.47. The van der Waals surface area contributed by atoms with Gasteiger partial charge in [-0.15, -0.1) is 11.3 Å². The molecule has 0 bridgehead atoms. The van der Waals surface area contributed by atoms with E-state index in [-0.39, 0.29) is 11.8 Å². The van der Waals surface area contributed by atoms with E-state index in [1.54, 1.807) is 24.1 Å². The summed E-state index contributed by atoms with van der Waals surface area (Å²) in [6, 6.07) is 7.04. The molecule has 2 aromatic rings. The largest absolute Gasteiger partial charge is 0.323 e. The minimum atomic E-state index is -0.133. The Morgan fingerprint density at radius 1 is 1.33 bits per heavy atom. The number of nitrogens with zero attached hydrogens (tertiary/aromatic N) is 1. The van der Waals surface area contributed by atoms with Crippen LogP contribution in [-0.4, -0.2) is 23.8 Å². The fraction of sp³-hybridized carbons (Fsp3) is 0.143. The molecule has 0 unspecified atom stereocenters. The Kier molecular flexibility index (Phi) is 3.90. The Morgan fingerprint density at radius 3 is 2.76 bits per heavy atom. The third kappa shape index (κ3) is 2.77. The van der Waals surface area contributed by atoms with Crippen LogP contribution in [0.5, 0.6) is 0 Å². The summed E-state index contributed by atoms with van der Waals surface area (Å²) in [7, 11) is 1.72. The predicted octanol–water partition coefficient (Wildman–Crippen LogP) is 4.48. The Balaban J connectivity index is 1.97. The Morgan fingerprint density at radius 2 is 2.10 bits per heavy atom. The van der Waals surface area contributed by atoms with Gasteiger partial charge >= 0.3 is 6.03 Å². The molecule has 0 saturated carbocycles. The van der Waals surface area contributed by atoms with E-state index in [2.05, 4.69) is 37.2 Å². The van der Waals surface area contributed by atoms with Crippen molar-refractivity contribution in [2.75, 3.05) is 12.4 Å². The third-order valence-electron chi connectivity index (χ3n) is 3.26. The summed E-state index contributed by atoms with van der Waals surface area (Å²) in [4.78, 5) is 25.7. The maximum absolute atomic E-state index is 12.6. The average molecular weight is 430 g/mol. The molecule has 1 aromatic heterocycles. The van der Waals surface area contributed by atoms with E-state index < -0.39 is 0 Å². The molecule has 1 N–H and O–H groups in total. The number of hydrogen-bond acceptors (Lipinski definition) is 3. The number of rotatable bonds is 2. The molecule has 0 fully saturated rings. The van der Waals surface area contributed by atoms with Gasteiger partial charge < -0.3 is 10.2 Å². The van der Waals surface area contributed by atoms with Crippen LogP contribution in [0.25, 0.3) is 0 Å². The molecule has 0 atom stereocenters. The van der Waals surface area contributed by atoms with Crippen LogP contribution in [0.2, 0.25) is 0 Å². The average Bonchev–Trinajstić information content (AvgIpc) is 2.78. The molecule has 0 radical (unpaired) electrons. The number of thiophene rings is 1. The van der Waals surface area contributed by atoms with E-state index in [9.17, 15) is 9.59 Å². The molecule has 7 heteroatoms. The smallest absolute Gasteiger partial charge is 0.321 e. The van der Waals surface area contributed by atoms with Crippen LogP contribution in [0.15, 0.2) is 31.8 Å². The number of carbonyl (C=O) groups excluding carboxylic acids is 2. The van der Waals surface area contributed by atoms with Crippen LogP contribution in [0.1, 0.15) is 21.5 Å². The van der Waals surface area contributed by atoms with Gasteiger partial charge in [-0.1, -0.05) is 0 Å². The molecule has 2 amide bonds. The van der Waals surface area contributed by atoms with Crippen molar-refractivity contribution in [1.29, 1.82) is 0 Å². The van der Waals surface area contributed by atoms with Gasteiger partial charge in [-0.05, 0) is 61.7 Å². The summed E-state index contributed by atoms with van der Waals surface area (Å²) < 4.78 is 1.71. The lowest BCUT2D eigenvalue weighted by atomic mass is 10.0. The van der Waals surface area contributed by atoms with Crippen molar-refractivity contribution in [1.82, 2.24) is 4.90 Å². The van der Waals surface area contributed by atoms with Gasteiger partial charge in [-0.2, -0.15) is 0 Å². The highest BCUT2D eigenvalue weighted by Crippen LogP contribution is 2.34. The van der Waals surface area contributed by atoms with E-state index in [4.69, 9.17) is 0 Å². The number of urea groups is 1. The molecule has 1 aliphatic rings. The molecular weight excluding hydrogens is 420 g/mol. The van der Waals surface area contributed by atoms with Crippen LogP contribution in [-0.2, 0) is 6.54 Å². The second kappa shape index (κ2) is 5.55. The van der Waals surface area contributed by atoms with Crippen LogP contribution < -0.4 is 5.32 Å². The maximum Gasteiger partial charge on any atom is 0.321 e. The lowest BCUT2D eigenvalue weighted by molar-refractivity contribution is 0.103. The highest BCUT2D eigenvalue weighted by Gasteiger charge is 2.22. The summed E-state index contributed by atoms with van der Waals surface area (Å²) in [5, 5.41) is 2.79. The van der Waals surface area contributed by atoms with Gasteiger partial charge in [0.2, 0.25) is 0 Å². The quantitative estimate of drug-likeness (QED) is 0.715. The normalized spacial score (nSPS) is 13.9. The number of ketones is 1. The molecule has 2 heterocycles. The zero-order valence-electron chi connectivity index (χ0n) is 10.9. The Labute approximate surface area is 142 Å². The third-order valence-corrected chi connectivity index (χ3v) is 5.60. The van der Waals surface area contributed by atoms with E-state index in [0.29, 0.717) is 17.7 Å². The fourth-order valence-electron chi connectivity index (χ4n) is 2.18. The number of anilines is 1. The van der Waals surface area contributed by atoms with Crippen molar-refractivity contribution in [3.8, 4) is 0 Å². The number of amides is 2. The minimum absolute atomic E-state index is 0.0359.